The molecule has 0 aliphatic heterocycles. The monoisotopic (exact) mass is 190 g/mol. The van der Waals surface area contributed by atoms with Crippen molar-refractivity contribution < 1.29 is 0 Å². The zero-order valence-corrected chi connectivity index (χ0v) is 8.71. The highest BCUT2D eigenvalue weighted by molar-refractivity contribution is 5.16. The molecule has 0 radical (unpaired) electrons. The predicted molar refractivity (Wildman–Crippen MR) is 57.1 cm³/mol. The van der Waals surface area contributed by atoms with E-state index in [1.807, 2.05) is 6.20 Å². The quantitative estimate of drug-likeness (QED) is 0.628. The summed E-state index contributed by atoms with van der Waals surface area (Å²) in [4.78, 5) is 8.50. The zero-order valence-electron chi connectivity index (χ0n) is 8.71. The van der Waals surface area contributed by atoms with E-state index >= 15 is 0 Å². The van der Waals surface area contributed by atoms with E-state index < -0.39 is 0 Å². The van der Waals surface area contributed by atoms with Crippen molar-refractivity contribution >= 4 is 0 Å². The van der Waals surface area contributed by atoms with Gasteiger partial charge in [-0.2, -0.15) is 0 Å². The fraction of sp³-hybridized carbons (Fsp3) is 0.667. The summed E-state index contributed by atoms with van der Waals surface area (Å²) in [7, 11) is 0. The Morgan fingerprint density at radius 2 is 1.57 bits per heavy atom. The highest BCUT2D eigenvalue weighted by Gasteiger charge is 2.05. The van der Waals surface area contributed by atoms with Crippen molar-refractivity contribution in [2.45, 2.75) is 51.4 Å². The molecule has 1 heterocycles. The Balaban J connectivity index is 2.10. The van der Waals surface area contributed by atoms with Gasteiger partial charge in [0.15, 0.2) is 0 Å². The topological polar surface area (TPSA) is 25.8 Å². The Labute approximate surface area is 85.8 Å². The number of hydrogen-bond donors (Lipinski definition) is 0. The van der Waals surface area contributed by atoms with Crippen LogP contribution in [0.1, 0.15) is 49.8 Å². The lowest BCUT2D eigenvalue weighted by atomic mass is 9.99. The molecule has 2 nitrogen and oxygen atoms in total. The molecular weight excluding hydrogens is 172 g/mol. The first kappa shape index (κ1) is 9.63. The SMILES string of the molecule is c1ncc2c(n1)CCCCCCCC2. The summed E-state index contributed by atoms with van der Waals surface area (Å²) in [6.07, 6.45) is 14.2. The van der Waals surface area contributed by atoms with Gasteiger partial charge in [0.2, 0.25) is 0 Å². The van der Waals surface area contributed by atoms with E-state index in [2.05, 4.69) is 9.97 Å². The van der Waals surface area contributed by atoms with E-state index in [4.69, 9.17) is 0 Å². The van der Waals surface area contributed by atoms with Crippen LogP contribution in [-0.2, 0) is 12.8 Å². The van der Waals surface area contributed by atoms with Crippen LogP contribution in [0.25, 0.3) is 0 Å². The molecule has 76 valence electrons. The molecule has 0 N–H and O–H groups in total. The Hall–Kier alpha value is -0.920. The first-order chi connectivity index (χ1) is 6.97. The molecule has 0 fully saturated rings. The molecule has 0 bridgehead atoms. The van der Waals surface area contributed by atoms with Crippen LogP contribution in [0.2, 0.25) is 0 Å². The lowest BCUT2D eigenvalue weighted by molar-refractivity contribution is 0.575. The van der Waals surface area contributed by atoms with Gasteiger partial charge in [-0.05, 0) is 31.2 Å². The van der Waals surface area contributed by atoms with E-state index in [9.17, 15) is 0 Å². The number of fused-ring (bicyclic) bond motifs is 1. The third-order valence-corrected chi connectivity index (χ3v) is 2.99. The Morgan fingerprint density at radius 3 is 2.43 bits per heavy atom. The van der Waals surface area contributed by atoms with Gasteiger partial charge in [0.25, 0.3) is 0 Å². The first-order valence-electron chi connectivity index (χ1n) is 5.74. The minimum absolute atomic E-state index is 1.15. The van der Waals surface area contributed by atoms with Crippen molar-refractivity contribution in [1.82, 2.24) is 9.97 Å². The Morgan fingerprint density at radius 1 is 0.857 bits per heavy atom. The van der Waals surface area contributed by atoms with E-state index in [-0.39, 0.29) is 0 Å². The normalized spacial score (nSPS) is 18.6. The van der Waals surface area contributed by atoms with Gasteiger partial charge in [0.1, 0.15) is 6.33 Å². The van der Waals surface area contributed by atoms with Crippen LogP contribution in [0.4, 0.5) is 0 Å². The fourth-order valence-corrected chi connectivity index (χ4v) is 2.13. The maximum Gasteiger partial charge on any atom is 0.115 e. The van der Waals surface area contributed by atoms with E-state index in [0.29, 0.717) is 0 Å². The highest BCUT2D eigenvalue weighted by Crippen LogP contribution is 2.16. The van der Waals surface area contributed by atoms with Crippen LogP contribution in [0.5, 0.6) is 0 Å². The van der Waals surface area contributed by atoms with Crippen molar-refractivity contribution in [2.24, 2.45) is 0 Å². The van der Waals surface area contributed by atoms with Gasteiger partial charge in [0, 0.05) is 11.9 Å². The van der Waals surface area contributed by atoms with Crippen LogP contribution in [0, 0.1) is 0 Å². The molecule has 0 spiro atoms. The van der Waals surface area contributed by atoms with Crippen LogP contribution in [0.15, 0.2) is 12.5 Å². The molecule has 0 amide bonds. The second-order valence-electron chi connectivity index (χ2n) is 4.12. The van der Waals surface area contributed by atoms with Gasteiger partial charge in [-0.3, -0.25) is 0 Å². The standard InChI is InChI=1S/C12H18N2/c1-2-4-6-8-12-11(7-5-3-1)9-13-10-14-12/h9-10H,1-8H2. The smallest absolute Gasteiger partial charge is 0.115 e. The number of aromatic nitrogens is 2. The maximum atomic E-state index is 4.38. The molecule has 0 saturated carbocycles. The number of rotatable bonds is 0. The minimum atomic E-state index is 1.15. The molecule has 0 atom stereocenters. The highest BCUT2D eigenvalue weighted by atomic mass is 14.8. The van der Waals surface area contributed by atoms with Gasteiger partial charge < -0.3 is 0 Å². The van der Waals surface area contributed by atoms with Crippen LogP contribution in [-0.4, -0.2) is 9.97 Å². The Bertz CT molecular complexity index is 254. The van der Waals surface area contributed by atoms with Crippen LogP contribution in [0.3, 0.4) is 0 Å². The molecule has 2 heteroatoms. The molecule has 14 heavy (non-hydrogen) atoms. The van der Waals surface area contributed by atoms with E-state index in [1.54, 1.807) is 6.33 Å². The third kappa shape index (κ3) is 2.53. The third-order valence-electron chi connectivity index (χ3n) is 2.99. The fourth-order valence-electron chi connectivity index (χ4n) is 2.13. The molecule has 1 aliphatic carbocycles. The molecule has 0 aromatic carbocycles. The predicted octanol–water partition coefficient (Wildman–Crippen LogP) is 2.92. The first-order valence-corrected chi connectivity index (χ1v) is 5.74. The van der Waals surface area contributed by atoms with Crippen molar-refractivity contribution in [3.8, 4) is 0 Å². The van der Waals surface area contributed by atoms with E-state index in [1.165, 1.54) is 56.2 Å². The maximum absolute atomic E-state index is 4.38. The molecular formula is C12H18N2. The largest absolute Gasteiger partial charge is 0.245 e. The van der Waals surface area contributed by atoms with Crippen LogP contribution < -0.4 is 0 Å². The summed E-state index contributed by atoms with van der Waals surface area (Å²) in [6.45, 7) is 0. The summed E-state index contributed by atoms with van der Waals surface area (Å²) < 4.78 is 0. The van der Waals surface area contributed by atoms with Gasteiger partial charge in [-0.25, -0.2) is 9.97 Å². The molecule has 0 unspecified atom stereocenters. The lowest BCUT2D eigenvalue weighted by Crippen LogP contribution is -2.01. The molecule has 2 rings (SSSR count). The Kier molecular flexibility index (Phi) is 3.50. The second-order valence-corrected chi connectivity index (χ2v) is 4.12. The van der Waals surface area contributed by atoms with Gasteiger partial charge in [-0.1, -0.05) is 25.7 Å². The lowest BCUT2D eigenvalue weighted by Gasteiger charge is -2.10. The molecule has 1 aliphatic rings. The number of aryl methyl sites for hydroxylation is 2. The van der Waals surface area contributed by atoms with Crippen molar-refractivity contribution in [1.29, 1.82) is 0 Å². The van der Waals surface area contributed by atoms with Crippen LogP contribution >= 0.6 is 0 Å². The molecule has 0 saturated heterocycles. The number of hydrogen-bond acceptors (Lipinski definition) is 2. The van der Waals surface area contributed by atoms with Crippen molar-refractivity contribution in [3.05, 3.63) is 23.8 Å². The van der Waals surface area contributed by atoms with Crippen molar-refractivity contribution in [3.63, 3.8) is 0 Å². The van der Waals surface area contributed by atoms with Gasteiger partial charge in [0.05, 0.1) is 0 Å². The van der Waals surface area contributed by atoms with E-state index in [0.717, 1.165) is 6.42 Å². The average Bonchev–Trinajstić information content (AvgIpc) is 2.25. The summed E-state index contributed by atoms with van der Waals surface area (Å²) >= 11 is 0. The minimum Gasteiger partial charge on any atom is -0.245 e. The van der Waals surface area contributed by atoms with Gasteiger partial charge in [-0.15, -0.1) is 0 Å². The number of nitrogens with zero attached hydrogens (tertiary/aromatic N) is 2. The molecule has 1 aromatic heterocycles. The second kappa shape index (κ2) is 5.08. The summed E-state index contributed by atoms with van der Waals surface area (Å²) in [6, 6.07) is 0. The summed E-state index contributed by atoms with van der Waals surface area (Å²) in [5, 5.41) is 0. The average molecular weight is 190 g/mol. The summed E-state index contributed by atoms with van der Waals surface area (Å²) in [5.41, 5.74) is 2.68. The van der Waals surface area contributed by atoms with Gasteiger partial charge >= 0.3 is 0 Å². The zero-order chi connectivity index (χ0) is 9.64. The molecule has 1 aromatic rings. The van der Waals surface area contributed by atoms with Crippen molar-refractivity contribution in [2.75, 3.05) is 0 Å². The summed E-state index contributed by atoms with van der Waals surface area (Å²) in [5.74, 6) is 0.